The van der Waals surface area contributed by atoms with Crippen molar-refractivity contribution in [3.05, 3.63) is 82.9 Å². The van der Waals surface area contributed by atoms with Gasteiger partial charge in [-0.3, -0.25) is 4.79 Å². The summed E-state index contributed by atoms with van der Waals surface area (Å²) in [4.78, 5) is 12.0. The highest BCUT2D eigenvalue weighted by molar-refractivity contribution is 7.89. The molecule has 0 radical (unpaired) electrons. The van der Waals surface area contributed by atoms with Gasteiger partial charge in [-0.25, -0.2) is 8.42 Å². The van der Waals surface area contributed by atoms with Crippen LogP contribution in [0.15, 0.2) is 65.6 Å². The third-order valence-corrected chi connectivity index (χ3v) is 8.38. The minimum atomic E-state index is -3.81. The molecule has 0 bridgehead atoms. The molecule has 0 amide bonds. The Balaban J connectivity index is 1.75. The van der Waals surface area contributed by atoms with E-state index < -0.39 is 21.9 Å². The van der Waals surface area contributed by atoms with Crippen LogP contribution in [0, 0.1) is 6.92 Å². The van der Waals surface area contributed by atoms with Crippen LogP contribution in [-0.4, -0.2) is 50.7 Å². The SMILES string of the molecule is COc1cc(OC)cc(C(CC(=O)O)c2ccc(C)c(CN3C[C@@H](C)Oc4ccccc4S3(=O)=O)c2)c1. The van der Waals surface area contributed by atoms with Gasteiger partial charge in [0, 0.05) is 18.5 Å². The minimum Gasteiger partial charge on any atom is -0.497 e. The van der Waals surface area contributed by atoms with E-state index in [1.54, 1.807) is 56.7 Å². The van der Waals surface area contributed by atoms with Gasteiger partial charge in [0.05, 0.1) is 27.2 Å². The Bertz CT molecular complexity index is 1380. The number of methoxy groups -OCH3 is 2. The first-order valence-corrected chi connectivity index (χ1v) is 13.4. The Kier molecular flexibility index (Phi) is 7.75. The predicted molar refractivity (Wildman–Crippen MR) is 139 cm³/mol. The lowest BCUT2D eigenvalue weighted by Crippen LogP contribution is -2.35. The molecule has 0 saturated carbocycles. The van der Waals surface area contributed by atoms with E-state index in [2.05, 4.69) is 0 Å². The molecule has 8 nitrogen and oxygen atoms in total. The number of hydrogen-bond donors (Lipinski definition) is 1. The van der Waals surface area contributed by atoms with Crippen molar-refractivity contribution in [2.75, 3.05) is 20.8 Å². The Morgan fingerprint density at radius 1 is 1.05 bits per heavy atom. The summed E-state index contributed by atoms with van der Waals surface area (Å²) < 4.78 is 45.2. The highest BCUT2D eigenvalue weighted by Gasteiger charge is 2.33. The molecule has 0 saturated heterocycles. The van der Waals surface area contributed by atoms with Crippen molar-refractivity contribution in [3.63, 3.8) is 0 Å². The molecule has 196 valence electrons. The van der Waals surface area contributed by atoms with Crippen LogP contribution in [0.4, 0.5) is 0 Å². The third kappa shape index (κ3) is 5.73. The van der Waals surface area contributed by atoms with Crippen LogP contribution in [0.1, 0.15) is 41.5 Å². The average Bonchev–Trinajstić information content (AvgIpc) is 2.96. The summed E-state index contributed by atoms with van der Waals surface area (Å²) in [5.41, 5.74) is 3.18. The molecule has 1 heterocycles. The molecular formula is C28H31NO7S. The third-order valence-electron chi connectivity index (χ3n) is 6.53. The maximum Gasteiger partial charge on any atom is 0.304 e. The minimum absolute atomic E-state index is 0.130. The van der Waals surface area contributed by atoms with Gasteiger partial charge < -0.3 is 19.3 Å². The number of nitrogens with zero attached hydrogens (tertiary/aromatic N) is 1. The number of carboxylic acid groups (broad SMARTS) is 1. The second-order valence-corrected chi connectivity index (χ2v) is 11.1. The van der Waals surface area contributed by atoms with Gasteiger partial charge in [0.2, 0.25) is 10.0 Å². The smallest absolute Gasteiger partial charge is 0.304 e. The van der Waals surface area contributed by atoms with Gasteiger partial charge >= 0.3 is 5.97 Å². The van der Waals surface area contributed by atoms with Crippen LogP contribution in [-0.2, 0) is 21.4 Å². The zero-order chi connectivity index (χ0) is 26.7. The molecule has 4 rings (SSSR count). The lowest BCUT2D eigenvalue weighted by Gasteiger charge is -2.24. The van der Waals surface area contributed by atoms with E-state index in [-0.39, 0.29) is 30.5 Å². The first-order valence-electron chi connectivity index (χ1n) is 11.9. The fourth-order valence-electron chi connectivity index (χ4n) is 4.59. The Morgan fingerprint density at radius 2 is 1.73 bits per heavy atom. The van der Waals surface area contributed by atoms with Crippen LogP contribution in [0.3, 0.4) is 0 Å². The summed E-state index contributed by atoms with van der Waals surface area (Å²) in [5.74, 6) is 0.00778. The van der Waals surface area contributed by atoms with Crippen molar-refractivity contribution in [2.45, 2.75) is 43.7 Å². The second-order valence-electron chi connectivity index (χ2n) is 9.16. The fourth-order valence-corrected chi connectivity index (χ4v) is 6.20. The van der Waals surface area contributed by atoms with Crippen molar-refractivity contribution in [1.29, 1.82) is 0 Å². The van der Waals surface area contributed by atoms with E-state index in [4.69, 9.17) is 14.2 Å². The second kappa shape index (κ2) is 10.8. The summed E-state index contributed by atoms with van der Waals surface area (Å²) in [7, 11) is -0.727. The molecule has 0 aliphatic carbocycles. The van der Waals surface area contributed by atoms with Crippen molar-refractivity contribution >= 4 is 16.0 Å². The maximum absolute atomic E-state index is 13.6. The summed E-state index contributed by atoms with van der Waals surface area (Å²) >= 11 is 0. The summed E-state index contributed by atoms with van der Waals surface area (Å²) in [6.45, 7) is 4.07. The van der Waals surface area contributed by atoms with E-state index >= 15 is 0 Å². The van der Waals surface area contributed by atoms with E-state index in [1.165, 1.54) is 4.31 Å². The quantitative estimate of drug-likeness (QED) is 0.459. The van der Waals surface area contributed by atoms with Crippen LogP contribution in [0.2, 0.25) is 0 Å². The van der Waals surface area contributed by atoms with E-state index in [9.17, 15) is 18.3 Å². The average molecular weight is 526 g/mol. The van der Waals surface area contributed by atoms with Gasteiger partial charge in [0.25, 0.3) is 0 Å². The van der Waals surface area contributed by atoms with Crippen molar-refractivity contribution in [1.82, 2.24) is 4.31 Å². The molecular weight excluding hydrogens is 494 g/mol. The number of carboxylic acids is 1. The first kappa shape index (κ1) is 26.5. The van der Waals surface area contributed by atoms with Crippen LogP contribution < -0.4 is 14.2 Å². The zero-order valence-corrected chi connectivity index (χ0v) is 22.1. The summed E-state index contributed by atoms with van der Waals surface area (Å²) in [6.07, 6.45) is -0.495. The number of carbonyl (C=O) groups is 1. The number of rotatable bonds is 8. The van der Waals surface area contributed by atoms with E-state index in [1.807, 2.05) is 32.0 Å². The molecule has 1 aliphatic heterocycles. The van der Waals surface area contributed by atoms with Crippen LogP contribution in [0.5, 0.6) is 17.2 Å². The Morgan fingerprint density at radius 3 is 2.38 bits per heavy atom. The number of benzene rings is 3. The fraction of sp³-hybridized carbons (Fsp3) is 0.321. The monoisotopic (exact) mass is 525 g/mol. The number of sulfonamides is 1. The van der Waals surface area contributed by atoms with Gasteiger partial charge in [0.1, 0.15) is 28.2 Å². The highest BCUT2D eigenvalue weighted by Crippen LogP contribution is 2.36. The molecule has 0 aromatic heterocycles. The van der Waals surface area contributed by atoms with Gasteiger partial charge in [-0.2, -0.15) is 4.31 Å². The molecule has 1 aliphatic rings. The molecule has 9 heteroatoms. The Hall–Kier alpha value is -3.56. The molecule has 2 atom stereocenters. The largest absolute Gasteiger partial charge is 0.497 e. The van der Waals surface area contributed by atoms with Gasteiger partial charge in [-0.15, -0.1) is 0 Å². The molecule has 1 unspecified atom stereocenters. The van der Waals surface area contributed by atoms with Crippen molar-refractivity contribution in [3.8, 4) is 17.2 Å². The number of aliphatic carboxylic acids is 1. The van der Waals surface area contributed by atoms with E-state index in [0.29, 0.717) is 17.2 Å². The zero-order valence-electron chi connectivity index (χ0n) is 21.3. The standard InChI is InChI=1S/C28H31NO7S/c1-18-9-10-20(25(15-28(30)31)21-12-23(34-3)14-24(13-21)35-4)11-22(18)17-29-16-19(2)36-26-7-5-6-8-27(26)37(29,32)33/h5-14,19,25H,15-17H2,1-4H3,(H,30,31)/t19-,25?/m1/s1. The predicted octanol–water partition coefficient (Wildman–Crippen LogP) is 4.59. The van der Waals surface area contributed by atoms with Crippen molar-refractivity contribution < 1.29 is 32.5 Å². The summed E-state index contributed by atoms with van der Waals surface area (Å²) in [5, 5.41) is 9.70. The molecule has 0 spiro atoms. The lowest BCUT2D eigenvalue weighted by atomic mass is 9.86. The molecule has 3 aromatic rings. The number of para-hydroxylation sites is 1. The molecule has 37 heavy (non-hydrogen) atoms. The molecule has 0 fully saturated rings. The topological polar surface area (TPSA) is 102 Å². The highest BCUT2D eigenvalue weighted by atomic mass is 32.2. The molecule has 1 N–H and O–H groups in total. The Labute approximate surface area is 217 Å². The number of fused-ring (bicyclic) bond motifs is 1. The number of aryl methyl sites for hydroxylation is 1. The normalized spacial score (nSPS) is 17.7. The lowest BCUT2D eigenvalue weighted by molar-refractivity contribution is -0.137. The summed E-state index contributed by atoms with van der Waals surface area (Å²) in [6, 6.07) is 17.6. The van der Waals surface area contributed by atoms with E-state index in [0.717, 1.165) is 22.3 Å². The maximum atomic E-state index is 13.6. The molecule has 3 aromatic carbocycles. The first-order chi connectivity index (χ1) is 17.6. The van der Waals surface area contributed by atoms with Gasteiger partial charge in [-0.05, 0) is 60.4 Å². The number of hydrogen-bond acceptors (Lipinski definition) is 6. The van der Waals surface area contributed by atoms with Gasteiger partial charge in [-0.1, -0.05) is 30.3 Å². The van der Waals surface area contributed by atoms with Gasteiger partial charge in [0.15, 0.2) is 0 Å². The van der Waals surface area contributed by atoms with Crippen LogP contribution >= 0.6 is 0 Å². The number of ether oxygens (including phenoxy) is 3. The van der Waals surface area contributed by atoms with Crippen LogP contribution in [0.25, 0.3) is 0 Å². The van der Waals surface area contributed by atoms with Crippen molar-refractivity contribution in [2.24, 2.45) is 0 Å².